The molecule has 1 fully saturated rings. The zero-order chi connectivity index (χ0) is 40.2. The monoisotopic (exact) mass is 787 g/mol. The summed E-state index contributed by atoms with van der Waals surface area (Å²) in [7, 11) is 0. The van der Waals surface area contributed by atoms with Crippen LogP contribution in [0.3, 0.4) is 0 Å². The Morgan fingerprint density at radius 1 is 0.897 bits per heavy atom. The first-order chi connectivity index (χ1) is 28.1. The SMILES string of the molecule is NC1=NC(=O)C2=NCN(c3ccccc3[C@H]3CCOC[C@@H]4O[C@H](Oc5c3cc3c(c5O)C(=O)c5ccccc5C3=O)[C@@H](OCCc3ccnc(N)c3)[C@H](O)[C@H]4O)C2=N1. The van der Waals surface area contributed by atoms with Crippen molar-refractivity contribution in [2.45, 2.75) is 49.5 Å². The number of nitrogens with zero attached hydrogens (tertiary/aromatic N) is 5. The lowest BCUT2D eigenvalue weighted by atomic mass is 9.79. The van der Waals surface area contributed by atoms with Gasteiger partial charge >= 0.3 is 5.91 Å². The number of carbonyl (C=O) groups excluding carboxylic acids is 3. The highest BCUT2D eigenvalue weighted by atomic mass is 16.7. The van der Waals surface area contributed by atoms with Crippen LogP contribution >= 0.6 is 0 Å². The molecule has 3 aromatic carbocycles. The summed E-state index contributed by atoms with van der Waals surface area (Å²) in [6, 6.07) is 18.6. The molecule has 5 heterocycles. The molecule has 1 amide bonds. The van der Waals surface area contributed by atoms with Gasteiger partial charge in [-0.3, -0.25) is 19.4 Å². The van der Waals surface area contributed by atoms with E-state index in [9.17, 15) is 29.7 Å². The lowest BCUT2D eigenvalue weighted by molar-refractivity contribution is -0.289. The fraction of sp³-hybridized carbons (Fsp3) is 0.293. The highest BCUT2D eigenvalue weighted by molar-refractivity contribution is 6.72. The van der Waals surface area contributed by atoms with Crippen molar-refractivity contribution in [2.75, 3.05) is 37.1 Å². The number of hydrogen-bond donors (Lipinski definition) is 5. The van der Waals surface area contributed by atoms with Crippen molar-refractivity contribution in [3.8, 4) is 11.5 Å². The molecule has 6 atom stereocenters. The van der Waals surface area contributed by atoms with E-state index in [0.29, 0.717) is 23.5 Å². The molecule has 4 aromatic rings. The number of aliphatic hydroxyl groups excluding tert-OH is 2. The van der Waals surface area contributed by atoms with Gasteiger partial charge in [0.15, 0.2) is 34.6 Å². The van der Waals surface area contributed by atoms with Gasteiger partial charge in [-0.2, -0.15) is 9.98 Å². The van der Waals surface area contributed by atoms with E-state index in [1.165, 1.54) is 12.1 Å². The number of pyridine rings is 1. The molecule has 0 radical (unpaired) electrons. The Morgan fingerprint density at radius 2 is 1.67 bits per heavy atom. The minimum absolute atomic E-state index is 0.0178. The van der Waals surface area contributed by atoms with Gasteiger partial charge in [0.1, 0.15) is 36.9 Å². The Kier molecular flexibility index (Phi) is 9.53. The zero-order valence-corrected chi connectivity index (χ0v) is 30.7. The van der Waals surface area contributed by atoms with E-state index in [-0.39, 0.29) is 84.0 Å². The van der Waals surface area contributed by atoms with Crippen molar-refractivity contribution in [1.82, 2.24) is 4.98 Å². The molecule has 0 spiro atoms. The number of rotatable bonds is 6. The van der Waals surface area contributed by atoms with Gasteiger partial charge in [-0.05, 0) is 48.2 Å². The molecule has 17 heteroatoms. The van der Waals surface area contributed by atoms with Crippen LogP contribution in [0.1, 0.15) is 60.9 Å². The molecule has 1 saturated heterocycles. The summed E-state index contributed by atoms with van der Waals surface area (Å²) >= 11 is 0. The lowest BCUT2D eigenvalue weighted by Gasteiger charge is -2.42. The van der Waals surface area contributed by atoms with E-state index in [4.69, 9.17) is 30.4 Å². The smallest absolute Gasteiger partial charge is 0.302 e. The number of ether oxygens (including phenoxy) is 4. The van der Waals surface area contributed by atoms with E-state index >= 15 is 0 Å². The van der Waals surface area contributed by atoms with Crippen molar-refractivity contribution < 1.29 is 48.7 Å². The maximum atomic E-state index is 14.2. The van der Waals surface area contributed by atoms with Gasteiger partial charge in [-0.1, -0.05) is 42.5 Å². The first-order valence-corrected chi connectivity index (χ1v) is 18.6. The number of anilines is 2. The minimum Gasteiger partial charge on any atom is -0.504 e. The average Bonchev–Trinajstić information content (AvgIpc) is 3.63. The number of fused-ring (bicyclic) bond motifs is 6. The zero-order valence-electron chi connectivity index (χ0n) is 30.7. The number of guanidine groups is 1. The topological polar surface area (TPSA) is 254 Å². The summed E-state index contributed by atoms with van der Waals surface area (Å²) < 4.78 is 25.1. The quantitative estimate of drug-likeness (QED) is 0.164. The summed E-state index contributed by atoms with van der Waals surface area (Å²) in [4.78, 5) is 59.2. The number of amides is 1. The molecule has 9 rings (SSSR count). The number of nitrogen functional groups attached to an aromatic ring is 1. The molecular formula is C41H37N7O10. The average molecular weight is 788 g/mol. The number of aliphatic hydroxyl groups is 2. The molecule has 17 nitrogen and oxygen atoms in total. The fourth-order valence-corrected chi connectivity index (χ4v) is 8.09. The predicted molar refractivity (Wildman–Crippen MR) is 207 cm³/mol. The molecule has 58 heavy (non-hydrogen) atoms. The number of ketones is 2. The van der Waals surface area contributed by atoms with Gasteiger partial charge in [0.2, 0.25) is 12.2 Å². The van der Waals surface area contributed by atoms with E-state index < -0.39 is 59.8 Å². The van der Waals surface area contributed by atoms with Gasteiger partial charge in [-0.25, -0.2) is 4.98 Å². The van der Waals surface area contributed by atoms with Crippen LogP contribution in [0.5, 0.6) is 11.5 Å². The highest BCUT2D eigenvalue weighted by Gasteiger charge is 2.48. The van der Waals surface area contributed by atoms with Crippen molar-refractivity contribution in [3.05, 3.63) is 112 Å². The Bertz CT molecular complexity index is 2470. The van der Waals surface area contributed by atoms with Crippen molar-refractivity contribution in [1.29, 1.82) is 0 Å². The van der Waals surface area contributed by atoms with Crippen LogP contribution in [-0.2, 0) is 25.4 Å². The summed E-state index contributed by atoms with van der Waals surface area (Å²) in [5.41, 5.74) is 14.1. The number of hydrogen-bond acceptors (Lipinski definition) is 16. The predicted octanol–water partition coefficient (Wildman–Crippen LogP) is 1.62. The Hall–Kier alpha value is -6.37. The number of aromatic hydroxyl groups is 1. The van der Waals surface area contributed by atoms with Crippen molar-refractivity contribution >= 4 is 46.5 Å². The summed E-state index contributed by atoms with van der Waals surface area (Å²) in [6.07, 6.45) is -4.73. The summed E-state index contributed by atoms with van der Waals surface area (Å²) in [6.45, 7) is -0.0346. The third-order valence-corrected chi connectivity index (χ3v) is 10.9. The number of amidine groups is 1. The van der Waals surface area contributed by atoms with Gasteiger partial charge in [0.25, 0.3) is 0 Å². The Morgan fingerprint density at radius 3 is 2.48 bits per heavy atom. The number of phenols is 1. The number of aromatic nitrogens is 1. The van der Waals surface area contributed by atoms with Gasteiger partial charge in [0.05, 0.1) is 18.8 Å². The maximum absolute atomic E-state index is 14.2. The molecule has 296 valence electrons. The lowest BCUT2D eigenvalue weighted by Crippen LogP contribution is -2.61. The van der Waals surface area contributed by atoms with Crippen LogP contribution in [0.2, 0.25) is 0 Å². The molecule has 0 saturated carbocycles. The van der Waals surface area contributed by atoms with Crippen LogP contribution in [-0.4, -0.2) is 112 Å². The second kappa shape index (κ2) is 14.9. The standard InChI is InChI=1S/C41H37N7O10/c42-28-15-19(9-12-44-28)10-14-56-37-35(53)33(51)27-17-55-13-11-20(21-5-3-4-8-26(21)48-18-45-30-38(48)46-41(43)47-39(30)54)24-16-25-29(34(52)36(24)58-40(37)57-27)32(50)23-7-2-1-6-22(23)31(25)49/h1-9,12,15-16,20,27,33,35,37,40,51-53H,10-11,13-14,17-18H2,(H2,42,44)(H2,43,47,54)/t20-,27+,33+,35-,37+,40-/m1/s1. The molecule has 1 aliphatic carbocycles. The van der Waals surface area contributed by atoms with E-state index in [1.807, 2.05) is 12.1 Å². The fourth-order valence-electron chi connectivity index (χ4n) is 8.09. The minimum atomic E-state index is -1.54. The van der Waals surface area contributed by atoms with Crippen LogP contribution in [0.25, 0.3) is 0 Å². The van der Waals surface area contributed by atoms with Crippen LogP contribution in [0, 0.1) is 0 Å². The number of phenolic OH excluding ortho intramolecular Hbond substituents is 1. The Labute approximate surface area is 330 Å². The molecule has 0 unspecified atom stereocenters. The number of carbonyl (C=O) groups is 3. The number of aliphatic imine (C=N–C) groups is 3. The third kappa shape index (κ3) is 6.38. The van der Waals surface area contributed by atoms with E-state index in [1.54, 1.807) is 53.6 Å². The molecule has 7 N–H and O–H groups in total. The second-order valence-electron chi connectivity index (χ2n) is 14.3. The van der Waals surface area contributed by atoms with Gasteiger partial charge < -0.3 is 50.6 Å². The normalized spacial score (nSPS) is 25.2. The largest absolute Gasteiger partial charge is 0.504 e. The van der Waals surface area contributed by atoms with Crippen molar-refractivity contribution in [3.63, 3.8) is 0 Å². The maximum Gasteiger partial charge on any atom is 0.302 e. The first-order valence-electron chi connectivity index (χ1n) is 18.6. The number of para-hydroxylation sites is 1. The molecule has 5 aliphatic rings. The molecule has 4 aliphatic heterocycles. The molecule has 1 aromatic heterocycles. The van der Waals surface area contributed by atoms with E-state index in [0.717, 1.165) is 5.56 Å². The Balaban J connectivity index is 1.18. The molecular weight excluding hydrogens is 750 g/mol. The number of benzene rings is 3. The van der Waals surface area contributed by atoms with Crippen LogP contribution in [0.4, 0.5) is 11.5 Å². The summed E-state index contributed by atoms with van der Waals surface area (Å²) in [5, 5.41) is 35.0. The summed E-state index contributed by atoms with van der Waals surface area (Å²) in [5.74, 6) is -2.94. The van der Waals surface area contributed by atoms with Gasteiger partial charge in [0, 0.05) is 46.7 Å². The van der Waals surface area contributed by atoms with Crippen LogP contribution in [0.15, 0.2) is 87.9 Å². The van der Waals surface area contributed by atoms with Crippen molar-refractivity contribution in [2.24, 2.45) is 20.7 Å². The third-order valence-electron chi connectivity index (χ3n) is 10.9. The highest BCUT2D eigenvalue weighted by Crippen LogP contribution is 2.49. The number of nitrogens with two attached hydrogens (primary N) is 2. The molecule has 2 bridgehead atoms. The van der Waals surface area contributed by atoms with Crippen LogP contribution < -0.4 is 21.1 Å². The van der Waals surface area contributed by atoms with E-state index in [2.05, 4.69) is 20.0 Å². The van der Waals surface area contributed by atoms with Gasteiger partial charge in [-0.15, -0.1) is 0 Å². The second-order valence-corrected chi connectivity index (χ2v) is 14.3. The first kappa shape index (κ1) is 37.2.